The second-order valence-corrected chi connectivity index (χ2v) is 6.44. The molecule has 2 aromatic rings. The molecule has 0 unspecified atom stereocenters. The van der Waals surface area contributed by atoms with E-state index in [1.807, 2.05) is 32.9 Å². The second-order valence-electron chi connectivity index (χ2n) is 6.44. The number of carbonyl (C=O) groups is 2. The Bertz CT molecular complexity index is 783. The molecule has 22 heavy (non-hydrogen) atoms. The van der Waals surface area contributed by atoms with Crippen LogP contribution in [0.4, 0.5) is 0 Å². The molecule has 0 amide bonds. The van der Waals surface area contributed by atoms with Crippen LogP contribution < -0.4 is 0 Å². The number of carboxylic acid groups (broad SMARTS) is 1. The average Bonchev–Trinajstić information content (AvgIpc) is 2.73. The van der Waals surface area contributed by atoms with E-state index in [0.717, 1.165) is 41.5 Å². The fraction of sp³-hybridized carbons (Fsp3) is 0.444. The lowest BCUT2D eigenvalue weighted by Gasteiger charge is -2.18. The predicted molar refractivity (Wildman–Crippen MR) is 85.5 cm³/mol. The largest absolute Gasteiger partial charge is 0.481 e. The number of benzene rings is 1. The van der Waals surface area contributed by atoms with Gasteiger partial charge in [0.2, 0.25) is 0 Å². The number of aliphatic carboxylic acids is 1. The molecular weight excluding hydrogens is 278 g/mol. The van der Waals surface area contributed by atoms with E-state index in [2.05, 4.69) is 4.57 Å². The molecule has 3 rings (SSSR count). The van der Waals surface area contributed by atoms with Crippen molar-refractivity contribution in [1.29, 1.82) is 0 Å². The lowest BCUT2D eigenvalue weighted by molar-refractivity contribution is -0.136. The van der Waals surface area contributed by atoms with Gasteiger partial charge in [0.15, 0.2) is 5.78 Å². The summed E-state index contributed by atoms with van der Waals surface area (Å²) in [6.45, 7) is 6.70. The van der Waals surface area contributed by atoms with Crippen LogP contribution in [0, 0.1) is 12.8 Å². The summed E-state index contributed by atoms with van der Waals surface area (Å²) in [7, 11) is 0. The van der Waals surface area contributed by atoms with Gasteiger partial charge < -0.3 is 9.67 Å². The minimum absolute atomic E-state index is 0.00803. The van der Waals surface area contributed by atoms with Gasteiger partial charge in [-0.15, -0.1) is 0 Å². The highest BCUT2D eigenvalue weighted by Gasteiger charge is 2.23. The first-order valence-corrected chi connectivity index (χ1v) is 7.80. The van der Waals surface area contributed by atoms with Gasteiger partial charge in [-0.1, -0.05) is 13.8 Å². The molecule has 2 heterocycles. The Morgan fingerprint density at radius 2 is 2.05 bits per heavy atom. The number of aromatic nitrogens is 1. The molecule has 0 saturated carbocycles. The number of nitrogens with zero attached hydrogens (tertiary/aromatic N) is 1. The van der Waals surface area contributed by atoms with Crippen LogP contribution in [0.3, 0.4) is 0 Å². The number of ketones is 1. The second kappa shape index (κ2) is 5.27. The number of carboxylic acids is 1. The number of rotatable bonds is 4. The normalized spacial score (nSPS) is 13.8. The van der Waals surface area contributed by atoms with Crippen molar-refractivity contribution in [2.75, 3.05) is 0 Å². The van der Waals surface area contributed by atoms with E-state index in [1.54, 1.807) is 0 Å². The molecule has 1 aliphatic heterocycles. The summed E-state index contributed by atoms with van der Waals surface area (Å²) in [5.74, 6) is -0.765. The van der Waals surface area contributed by atoms with Crippen molar-refractivity contribution in [2.24, 2.45) is 5.92 Å². The Labute approximate surface area is 129 Å². The van der Waals surface area contributed by atoms with Crippen molar-refractivity contribution in [3.63, 3.8) is 0 Å². The van der Waals surface area contributed by atoms with Gasteiger partial charge in [0.1, 0.15) is 0 Å². The maximum atomic E-state index is 12.4. The first-order chi connectivity index (χ1) is 10.4. The van der Waals surface area contributed by atoms with E-state index in [-0.39, 0.29) is 18.1 Å². The first-order valence-electron chi connectivity index (χ1n) is 7.80. The molecule has 1 aromatic heterocycles. The molecule has 0 aliphatic carbocycles. The van der Waals surface area contributed by atoms with E-state index < -0.39 is 5.97 Å². The summed E-state index contributed by atoms with van der Waals surface area (Å²) in [6.07, 6.45) is 1.99. The van der Waals surface area contributed by atoms with Gasteiger partial charge in [-0.3, -0.25) is 9.59 Å². The van der Waals surface area contributed by atoms with Crippen LogP contribution >= 0.6 is 0 Å². The highest BCUT2D eigenvalue weighted by Crippen LogP contribution is 2.34. The van der Waals surface area contributed by atoms with Crippen LogP contribution in [0.1, 0.15) is 47.4 Å². The van der Waals surface area contributed by atoms with Gasteiger partial charge in [-0.25, -0.2) is 0 Å². The summed E-state index contributed by atoms with van der Waals surface area (Å²) in [6, 6.07) is 3.90. The molecule has 4 heteroatoms. The Morgan fingerprint density at radius 3 is 2.68 bits per heavy atom. The van der Waals surface area contributed by atoms with Gasteiger partial charge in [0, 0.05) is 29.1 Å². The minimum Gasteiger partial charge on any atom is -0.481 e. The van der Waals surface area contributed by atoms with Crippen molar-refractivity contribution < 1.29 is 14.7 Å². The highest BCUT2D eigenvalue weighted by molar-refractivity contribution is 6.03. The molecule has 0 spiro atoms. The third-order valence-electron chi connectivity index (χ3n) is 4.59. The van der Waals surface area contributed by atoms with Gasteiger partial charge in [0.05, 0.1) is 11.9 Å². The van der Waals surface area contributed by atoms with Crippen LogP contribution in [0.2, 0.25) is 0 Å². The quantitative estimate of drug-likeness (QED) is 0.881. The number of hydrogen-bond acceptors (Lipinski definition) is 2. The Kier molecular flexibility index (Phi) is 3.55. The number of aryl methyl sites for hydroxylation is 2. The first kappa shape index (κ1) is 14.8. The van der Waals surface area contributed by atoms with Crippen LogP contribution in [0.25, 0.3) is 10.9 Å². The zero-order chi connectivity index (χ0) is 16.0. The van der Waals surface area contributed by atoms with Crippen molar-refractivity contribution in [3.05, 3.63) is 34.5 Å². The molecule has 1 N–H and O–H groups in total. The summed E-state index contributed by atoms with van der Waals surface area (Å²) in [4.78, 5) is 23.6. The molecule has 4 nitrogen and oxygen atoms in total. The number of Topliss-reactive ketones (excluding diaryl/α,β-unsaturated/α-hetero) is 1. The zero-order valence-electron chi connectivity index (χ0n) is 13.3. The molecule has 0 radical (unpaired) electrons. The summed E-state index contributed by atoms with van der Waals surface area (Å²) in [5.41, 5.74) is 4.88. The summed E-state index contributed by atoms with van der Waals surface area (Å²) >= 11 is 0. The van der Waals surface area contributed by atoms with Gasteiger partial charge in [0.25, 0.3) is 0 Å². The maximum Gasteiger partial charge on any atom is 0.307 e. The smallest absolute Gasteiger partial charge is 0.307 e. The van der Waals surface area contributed by atoms with Crippen molar-refractivity contribution >= 4 is 22.7 Å². The van der Waals surface area contributed by atoms with E-state index in [0.29, 0.717) is 5.56 Å². The van der Waals surface area contributed by atoms with Crippen molar-refractivity contribution in [1.82, 2.24) is 4.57 Å². The third kappa shape index (κ3) is 2.23. The molecule has 116 valence electrons. The molecule has 1 aromatic carbocycles. The molecule has 0 fully saturated rings. The fourth-order valence-corrected chi connectivity index (χ4v) is 3.52. The highest BCUT2D eigenvalue weighted by atomic mass is 16.4. The SMILES string of the molecule is Cc1c(CC(=O)O)c2cc(C(=O)C(C)C)cc3c2n1CCC3. The Morgan fingerprint density at radius 1 is 1.32 bits per heavy atom. The molecular formula is C18H21NO3. The van der Waals surface area contributed by atoms with Crippen LogP contribution in [0.5, 0.6) is 0 Å². The topological polar surface area (TPSA) is 59.3 Å². The lowest BCUT2D eigenvalue weighted by Crippen LogP contribution is -2.12. The molecule has 0 bridgehead atoms. The van der Waals surface area contributed by atoms with Crippen LogP contribution in [-0.2, 0) is 24.2 Å². The van der Waals surface area contributed by atoms with Crippen LogP contribution in [0.15, 0.2) is 12.1 Å². The molecule has 0 atom stereocenters. The van der Waals surface area contributed by atoms with Crippen LogP contribution in [-0.4, -0.2) is 21.4 Å². The average molecular weight is 299 g/mol. The Hall–Kier alpha value is -2.10. The standard InChI is InChI=1S/C18H21NO3/c1-10(2)18(22)13-7-12-5-4-6-19-11(3)14(9-16(20)21)15(8-13)17(12)19/h7-8,10H,4-6,9H2,1-3H3,(H,20,21). The number of carbonyl (C=O) groups excluding carboxylic acids is 1. The number of hydrogen-bond donors (Lipinski definition) is 1. The van der Waals surface area contributed by atoms with Crippen molar-refractivity contribution in [3.8, 4) is 0 Å². The summed E-state index contributed by atoms with van der Waals surface area (Å²) < 4.78 is 2.22. The lowest BCUT2D eigenvalue weighted by atomic mass is 9.93. The van der Waals surface area contributed by atoms with Gasteiger partial charge in [-0.2, -0.15) is 0 Å². The van der Waals surface area contributed by atoms with E-state index in [1.165, 1.54) is 5.56 Å². The predicted octanol–water partition coefficient (Wildman–Crippen LogP) is 3.36. The van der Waals surface area contributed by atoms with E-state index >= 15 is 0 Å². The van der Waals surface area contributed by atoms with E-state index in [4.69, 9.17) is 0 Å². The maximum absolute atomic E-state index is 12.4. The third-order valence-corrected chi connectivity index (χ3v) is 4.59. The molecule has 1 aliphatic rings. The molecule has 0 saturated heterocycles. The van der Waals surface area contributed by atoms with Gasteiger partial charge in [-0.05, 0) is 43.0 Å². The summed E-state index contributed by atoms with van der Waals surface area (Å²) in [5, 5.41) is 10.2. The Balaban J connectivity index is 2.30. The van der Waals surface area contributed by atoms with E-state index in [9.17, 15) is 14.7 Å². The fourth-order valence-electron chi connectivity index (χ4n) is 3.52. The van der Waals surface area contributed by atoms with Crippen molar-refractivity contribution in [2.45, 2.75) is 46.6 Å². The minimum atomic E-state index is -0.830. The monoisotopic (exact) mass is 299 g/mol. The zero-order valence-corrected chi connectivity index (χ0v) is 13.3. The van der Waals surface area contributed by atoms with Gasteiger partial charge >= 0.3 is 5.97 Å².